The Labute approximate surface area is 93.8 Å². The number of nitriles is 1. The van der Waals surface area contributed by atoms with E-state index in [-0.39, 0.29) is 11.9 Å². The van der Waals surface area contributed by atoms with E-state index in [0.717, 1.165) is 12.8 Å². The summed E-state index contributed by atoms with van der Waals surface area (Å²) in [6.07, 6.45) is 1.69. The molecule has 1 aromatic rings. The number of nitrogens with one attached hydrogen (secondary N) is 1. The second-order valence-electron chi connectivity index (χ2n) is 3.81. The topological polar surface area (TPSA) is 45.0 Å². The third-order valence-corrected chi connectivity index (χ3v) is 2.70. The van der Waals surface area contributed by atoms with Gasteiger partial charge in [0.2, 0.25) is 0 Å². The van der Waals surface area contributed by atoms with Gasteiger partial charge in [0.05, 0.1) is 11.3 Å². The lowest BCUT2D eigenvalue weighted by Gasteiger charge is -2.24. The van der Waals surface area contributed by atoms with Gasteiger partial charge in [-0.1, -0.05) is 6.07 Å². The Balaban J connectivity index is 2.16. The van der Waals surface area contributed by atoms with Gasteiger partial charge in [0.1, 0.15) is 11.9 Å². The molecule has 0 saturated carbocycles. The van der Waals surface area contributed by atoms with Crippen LogP contribution in [-0.2, 0) is 4.74 Å². The van der Waals surface area contributed by atoms with Gasteiger partial charge in [-0.2, -0.15) is 5.26 Å². The Morgan fingerprint density at radius 3 is 2.81 bits per heavy atom. The van der Waals surface area contributed by atoms with E-state index >= 15 is 0 Å². The molecule has 0 bridgehead atoms. The first-order valence-electron chi connectivity index (χ1n) is 5.34. The Bertz CT molecular complexity index is 408. The second-order valence-corrected chi connectivity index (χ2v) is 3.81. The highest BCUT2D eigenvalue weighted by molar-refractivity contribution is 5.58. The van der Waals surface area contributed by atoms with Crippen molar-refractivity contribution in [3.63, 3.8) is 0 Å². The van der Waals surface area contributed by atoms with Crippen LogP contribution >= 0.6 is 0 Å². The molecule has 3 nitrogen and oxygen atoms in total. The number of hydrogen-bond acceptors (Lipinski definition) is 3. The van der Waals surface area contributed by atoms with Gasteiger partial charge in [-0.25, -0.2) is 4.39 Å². The maximum absolute atomic E-state index is 13.5. The van der Waals surface area contributed by atoms with E-state index < -0.39 is 0 Å². The van der Waals surface area contributed by atoms with Crippen LogP contribution in [0.1, 0.15) is 18.4 Å². The molecule has 84 valence electrons. The summed E-state index contributed by atoms with van der Waals surface area (Å²) in [7, 11) is 0. The summed E-state index contributed by atoms with van der Waals surface area (Å²) in [5.41, 5.74) is 0.670. The molecule has 0 aromatic heterocycles. The van der Waals surface area contributed by atoms with Gasteiger partial charge in [0.25, 0.3) is 0 Å². The van der Waals surface area contributed by atoms with E-state index in [9.17, 15) is 4.39 Å². The van der Waals surface area contributed by atoms with Crippen molar-refractivity contribution in [1.29, 1.82) is 5.26 Å². The first kappa shape index (κ1) is 10.9. The van der Waals surface area contributed by atoms with Gasteiger partial charge in [-0.05, 0) is 25.0 Å². The zero-order valence-electron chi connectivity index (χ0n) is 8.87. The minimum absolute atomic E-state index is 0.192. The summed E-state index contributed by atoms with van der Waals surface area (Å²) in [4.78, 5) is 0. The standard InChI is InChI=1S/C12H13FN2O/c13-11-3-1-2-9(8-14)12(11)15-10-4-6-16-7-5-10/h1-3,10,15H,4-7H2. The van der Waals surface area contributed by atoms with Crippen molar-refractivity contribution in [3.8, 4) is 6.07 Å². The quantitative estimate of drug-likeness (QED) is 0.831. The number of benzene rings is 1. The molecule has 2 rings (SSSR count). The molecule has 16 heavy (non-hydrogen) atoms. The molecule has 0 unspecified atom stereocenters. The van der Waals surface area contributed by atoms with Crippen molar-refractivity contribution >= 4 is 5.69 Å². The molecule has 1 fully saturated rings. The van der Waals surface area contributed by atoms with Crippen LogP contribution < -0.4 is 5.32 Å². The predicted molar refractivity (Wildman–Crippen MR) is 58.6 cm³/mol. The van der Waals surface area contributed by atoms with Crippen LogP contribution in [-0.4, -0.2) is 19.3 Å². The van der Waals surface area contributed by atoms with Gasteiger partial charge in [-0.15, -0.1) is 0 Å². The average molecular weight is 220 g/mol. The third-order valence-electron chi connectivity index (χ3n) is 2.70. The fourth-order valence-corrected chi connectivity index (χ4v) is 1.81. The smallest absolute Gasteiger partial charge is 0.147 e. The highest BCUT2D eigenvalue weighted by Crippen LogP contribution is 2.22. The zero-order chi connectivity index (χ0) is 11.4. The zero-order valence-corrected chi connectivity index (χ0v) is 8.87. The maximum Gasteiger partial charge on any atom is 0.147 e. The molecule has 1 saturated heterocycles. The number of rotatable bonds is 2. The minimum Gasteiger partial charge on any atom is -0.381 e. The fourth-order valence-electron chi connectivity index (χ4n) is 1.81. The molecule has 0 spiro atoms. The SMILES string of the molecule is N#Cc1cccc(F)c1NC1CCOCC1. The maximum atomic E-state index is 13.5. The summed E-state index contributed by atoms with van der Waals surface area (Å²) in [6, 6.07) is 6.71. The molecule has 1 N–H and O–H groups in total. The van der Waals surface area contributed by atoms with Crippen molar-refractivity contribution in [2.75, 3.05) is 18.5 Å². The van der Waals surface area contributed by atoms with Crippen LogP contribution in [0, 0.1) is 17.1 Å². The van der Waals surface area contributed by atoms with Gasteiger partial charge in [0.15, 0.2) is 0 Å². The lowest BCUT2D eigenvalue weighted by molar-refractivity contribution is 0.0904. The van der Waals surface area contributed by atoms with Crippen molar-refractivity contribution in [2.24, 2.45) is 0 Å². The molecule has 0 atom stereocenters. The van der Waals surface area contributed by atoms with E-state index in [1.165, 1.54) is 6.07 Å². The molecule has 0 amide bonds. The van der Waals surface area contributed by atoms with Crippen LogP contribution in [0.3, 0.4) is 0 Å². The average Bonchev–Trinajstić information content (AvgIpc) is 2.33. The molecule has 1 aromatic carbocycles. The summed E-state index contributed by atoms with van der Waals surface area (Å²) >= 11 is 0. The molecule has 1 aliphatic rings. The summed E-state index contributed by atoms with van der Waals surface area (Å²) in [6.45, 7) is 1.38. The number of para-hydroxylation sites is 1. The van der Waals surface area contributed by atoms with E-state index in [0.29, 0.717) is 24.5 Å². The van der Waals surface area contributed by atoms with Crippen molar-refractivity contribution < 1.29 is 9.13 Å². The first-order valence-corrected chi connectivity index (χ1v) is 5.34. The monoisotopic (exact) mass is 220 g/mol. The first-order chi connectivity index (χ1) is 7.81. The van der Waals surface area contributed by atoms with E-state index in [4.69, 9.17) is 10.00 Å². The van der Waals surface area contributed by atoms with Gasteiger partial charge in [-0.3, -0.25) is 0 Å². The number of anilines is 1. The van der Waals surface area contributed by atoms with Gasteiger partial charge in [0, 0.05) is 19.3 Å². The Morgan fingerprint density at radius 2 is 2.12 bits per heavy atom. The summed E-state index contributed by atoms with van der Waals surface area (Å²) in [5, 5.41) is 12.0. The van der Waals surface area contributed by atoms with Crippen LogP contribution in [0.15, 0.2) is 18.2 Å². The van der Waals surface area contributed by atoms with Crippen molar-refractivity contribution in [3.05, 3.63) is 29.6 Å². The normalized spacial score (nSPS) is 16.8. The van der Waals surface area contributed by atoms with Gasteiger partial charge < -0.3 is 10.1 Å². The van der Waals surface area contributed by atoms with Gasteiger partial charge >= 0.3 is 0 Å². The van der Waals surface area contributed by atoms with E-state index in [2.05, 4.69) is 5.32 Å². The number of nitrogens with zero attached hydrogens (tertiary/aromatic N) is 1. The number of ether oxygens (including phenoxy) is 1. The third kappa shape index (κ3) is 2.31. The largest absolute Gasteiger partial charge is 0.381 e. The Kier molecular flexibility index (Phi) is 3.37. The molecular formula is C12H13FN2O. The van der Waals surface area contributed by atoms with Crippen molar-refractivity contribution in [2.45, 2.75) is 18.9 Å². The van der Waals surface area contributed by atoms with E-state index in [1.54, 1.807) is 12.1 Å². The number of halogens is 1. The summed E-state index contributed by atoms with van der Waals surface area (Å²) in [5.74, 6) is -0.370. The Hall–Kier alpha value is -1.60. The van der Waals surface area contributed by atoms with Crippen molar-refractivity contribution in [1.82, 2.24) is 0 Å². The van der Waals surface area contributed by atoms with Crippen LogP contribution in [0.4, 0.5) is 10.1 Å². The lowest BCUT2D eigenvalue weighted by atomic mass is 10.1. The molecule has 0 aliphatic carbocycles. The molecule has 0 radical (unpaired) electrons. The lowest BCUT2D eigenvalue weighted by Crippen LogP contribution is -2.28. The predicted octanol–water partition coefficient (Wildman–Crippen LogP) is 2.29. The highest BCUT2D eigenvalue weighted by Gasteiger charge is 2.16. The minimum atomic E-state index is -0.370. The molecule has 4 heteroatoms. The highest BCUT2D eigenvalue weighted by atomic mass is 19.1. The number of hydrogen-bond donors (Lipinski definition) is 1. The Morgan fingerprint density at radius 1 is 1.38 bits per heavy atom. The van der Waals surface area contributed by atoms with E-state index in [1.807, 2.05) is 6.07 Å². The van der Waals surface area contributed by atoms with Crippen LogP contribution in [0.5, 0.6) is 0 Å². The molecular weight excluding hydrogens is 207 g/mol. The summed E-state index contributed by atoms with van der Waals surface area (Å²) < 4.78 is 18.8. The molecule has 1 heterocycles. The fraction of sp³-hybridized carbons (Fsp3) is 0.417. The van der Waals surface area contributed by atoms with Crippen LogP contribution in [0.25, 0.3) is 0 Å². The second kappa shape index (κ2) is 4.95. The molecule has 1 aliphatic heterocycles. The van der Waals surface area contributed by atoms with Crippen LogP contribution in [0.2, 0.25) is 0 Å².